The normalized spacial score (nSPS) is 11.2. The second-order valence-corrected chi connectivity index (χ2v) is 6.79. The van der Waals surface area contributed by atoms with E-state index in [0.29, 0.717) is 6.42 Å². The van der Waals surface area contributed by atoms with E-state index < -0.39 is 0 Å². The summed E-state index contributed by atoms with van der Waals surface area (Å²) in [4.78, 5) is 17.6. The van der Waals surface area contributed by atoms with Crippen molar-refractivity contribution in [2.24, 2.45) is 0 Å². The quantitative estimate of drug-likeness (QED) is 0.578. The van der Waals surface area contributed by atoms with Gasteiger partial charge in [-0.2, -0.15) is 0 Å². The summed E-state index contributed by atoms with van der Waals surface area (Å²) in [6, 6.07) is 18.7. The van der Waals surface area contributed by atoms with Crippen LogP contribution in [0.25, 0.3) is 10.9 Å². The van der Waals surface area contributed by atoms with Crippen LogP contribution in [0.4, 0.5) is 0 Å². The maximum Gasteiger partial charge on any atom is 0.220 e. The molecule has 4 heteroatoms. The van der Waals surface area contributed by atoms with Crippen molar-refractivity contribution in [3.05, 3.63) is 71.9 Å². The number of nitrogens with one attached hydrogen (secondary N) is 2. The summed E-state index contributed by atoms with van der Waals surface area (Å²) in [6.45, 7) is 2.64. The predicted octanol–water partition coefficient (Wildman–Crippen LogP) is 3.74. The largest absolute Gasteiger partial charge is 0.361 e. The number of H-pyrrole nitrogens is 1. The Morgan fingerprint density at radius 3 is 2.69 bits per heavy atom. The van der Waals surface area contributed by atoms with E-state index in [-0.39, 0.29) is 5.91 Å². The maximum absolute atomic E-state index is 12.1. The van der Waals surface area contributed by atoms with Gasteiger partial charge in [-0.05, 0) is 43.6 Å². The number of aromatic nitrogens is 1. The lowest BCUT2D eigenvalue weighted by Crippen LogP contribution is -2.28. The minimum atomic E-state index is 0.126. The zero-order valence-electron chi connectivity index (χ0n) is 15.4. The van der Waals surface area contributed by atoms with Gasteiger partial charge in [0.2, 0.25) is 5.91 Å². The molecule has 0 radical (unpaired) electrons. The number of aryl methyl sites for hydroxylation is 1. The molecule has 3 rings (SSSR count). The molecule has 0 aliphatic carbocycles. The Labute approximate surface area is 155 Å². The third-order valence-corrected chi connectivity index (χ3v) is 4.63. The van der Waals surface area contributed by atoms with Crippen molar-refractivity contribution in [2.75, 3.05) is 20.1 Å². The van der Waals surface area contributed by atoms with Crippen molar-refractivity contribution in [3.8, 4) is 0 Å². The highest BCUT2D eigenvalue weighted by Crippen LogP contribution is 2.18. The van der Waals surface area contributed by atoms with Gasteiger partial charge in [0.25, 0.3) is 0 Å². The van der Waals surface area contributed by atoms with Crippen molar-refractivity contribution in [3.63, 3.8) is 0 Å². The summed E-state index contributed by atoms with van der Waals surface area (Å²) in [5, 5.41) is 4.25. The van der Waals surface area contributed by atoms with Gasteiger partial charge >= 0.3 is 0 Å². The molecule has 2 N–H and O–H groups in total. The van der Waals surface area contributed by atoms with Gasteiger partial charge in [0.05, 0.1) is 0 Å². The molecule has 0 saturated carbocycles. The topological polar surface area (TPSA) is 48.1 Å². The molecule has 0 aliphatic heterocycles. The summed E-state index contributed by atoms with van der Waals surface area (Å²) in [6.07, 6.45) is 4.27. The lowest BCUT2D eigenvalue weighted by Gasteiger charge is -2.16. The SMILES string of the molecule is CN(CCCNC(=O)CCc1c[nH]c2ccccc12)Cc1ccccc1. The van der Waals surface area contributed by atoms with Crippen LogP contribution >= 0.6 is 0 Å². The van der Waals surface area contributed by atoms with Crippen LogP contribution in [0.2, 0.25) is 0 Å². The summed E-state index contributed by atoms with van der Waals surface area (Å²) in [7, 11) is 2.12. The minimum Gasteiger partial charge on any atom is -0.361 e. The fourth-order valence-electron chi connectivity index (χ4n) is 3.23. The van der Waals surface area contributed by atoms with Crippen molar-refractivity contribution in [2.45, 2.75) is 25.8 Å². The number of benzene rings is 2. The highest BCUT2D eigenvalue weighted by atomic mass is 16.1. The molecule has 0 aliphatic rings. The molecule has 1 heterocycles. The highest BCUT2D eigenvalue weighted by Gasteiger charge is 2.06. The first-order valence-corrected chi connectivity index (χ1v) is 9.26. The Hall–Kier alpha value is -2.59. The van der Waals surface area contributed by atoms with Crippen LogP contribution < -0.4 is 5.32 Å². The van der Waals surface area contributed by atoms with Gasteiger partial charge in [0, 0.05) is 36.6 Å². The molecular weight excluding hydrogens is 322 g/mol. The van der Waals surface area contributed by atoms with Gasteiger partial charge in [-0.15, -0.1) is 0 Å². The smallest absolute Gasteiger partial charge is 0.220 e. The average Bonchev–Trinajstić information content (AvgIpc) is 3.07. The molecule has 1 aromatic heterocycles. The van der Waals surface area contributed by atoms with Crippen LogP contribution in [-0.2, 0) is 17.8 Å². The molecule has 1 amide bonds. The third kappa shape index (κ3) is 5.20. The summed E-state index contributed by atoms with van der Waals surface area (Å²) in [5.41, 5.74) is 3.65. The number of fused-ring (bicyclic) bond motifs is 1. The van der Waals surface area contributed by atoms with E-state index in [4.69, 9.17) is 0 Å². The van der Waals surface area contributed by atoms with Gasteiger partial charge in [-0.3, -0.25) is 4.79 Å². The van der Waals surface area contributed by atoms with Gasteiger partial charge < -0.3 is 15.2 Å². The van der Waals surface area contributed by atoms with E-state index in [9.17, 15) is 4.79 Å². The van der Waals surface area contributed by atoms with E-state index in [2.05, 4.69) is 58.6 Å². The van der Waals surface area contributed by atoms with Gasteiger partial charge in [-0.25, -0.2) is 0 Å². The zero-order valence-corrected chi connectivity index (χ0v) is 15.4. The lowest BCUT2D eigenvalue weighted by atomic mass is 10.1. The minimum absolute atomic E-state index is 0.126. The molecule has 136 valence electrons. The summed E-state index contributed by atoms with van der Waals surface area (Å²) < 4.78 is 0. The first-order valence-electron chi connectivity index (χ1n) is 9.26. The number of carbonyl (C=O) groups is 1. The summed E-state index contributed by atoms with van der Waals surface area (Å²) in [5.74, 6) is 0.126. The Bertz CT molecular complexity index is 826. The van der Waals surface area contributed by atoms with Crippen LogP contribution in [-0.4, -0.2) is 35.9 Å². The number of nitrogens with zero attached hydrogens (tertiary/aromatic N) is 1. The monoisotopic (exact) mass is 349 g/mol. The van der Waals surface area contributed by atoms with Gasteiger partial charge in [0.1, 0.15) is 0 Å². The zero-order chi connectivity index (χ0) is 18.2. The number of para-hydroxylation sites is 1. The Morgan fingerprint density at radius 1 is 1.08 bits per heavy atom. The predicted molar refractivity (Wildman–Crippen MR) is 107 cm³/mol. The molecule has 0 saturated heterocycles. The number of hydrogen-bond acceptors (Lipinski definition) is 2. The Kier molecular flexibility index (Phi) is 6.45. The fourth-order valence-corrected chi connectivity index (χ4v) is 3.23. The average molecular weight is 349 g/mol. The van der Waals surface area contributed by atoms with Crippen LogP contribution in [0, 0.1) is 0 Å². The second-order valence-electron chi connectivity index (χ2n) is 6.79. The van der Waals surface area contributed by atoms with E-state index in [1.54, 1.807) is 0 Å². The fraction of sp³-hybridized carbons (Fsp3) is 0.318. The van der Waals surface area contributed by atoms with Gasteiger partial charge in [0.15, 0.2) is 0 Å². The van der Waals surface area contributed by atoms with Crippen LogP contribution in [0.3, 0.4) is 0 Å². The number of rotatable bonds is 9. The van der Waals surface area contributed by atoms with Crippen LogP contribution in [0.1, 0.15) is 24.0 Å². The van der Waals surface area contributed by atoms with E-state index >= 15 is 0 Å². The molecule has 2 aromatic carbocycles. The van der Waals surface area contributed by atoms with Crippen molar-refractivity contribution >= 4 is 16.8 Å². The molecule has 0 atom stereocenters. The van der Waals surface area contributed by atoms with E-state index in [1.165, 1.54) is 16.5 Å². The molecular formula is C22H27N3O. The number of amides is 1. The van der Waals surface area contributed by atoms with Crippen molar-refractivity contribution in [1.82, 2.24) is 15.2 Å². The Balaban J connectivity index is 1.33. The number of aromatic amines is 1. The molecule has 26 heavy (non-hydrogen) atoms. The van der Waals surface area contributed by atoms with Crippen LogP contribution in [0.5, 0.6) is 0 Å². The van der Waals surface area contributed by atoms with Gasteiger partial charge in [-0.1, -0.05) is 48.5 Å². The first-order chi connectivity index (χ1) is 12.7. The molecule has 0 fully saturated rings. The first kappa shape index (κ1) is 18.2. The van der Waals surface area contributed by atoms with Crippen LogP contribution in [0.15, 0.2) is 60.8 Å². The lowest BCUT2D eigenvalue weighted by molar-refractivity contribution is -0.121. The van der Waals surface area contributed by atoms with E-state index in [0.717, 1.165) is 38.0 Å². The number of carbonyl (C=O) groups excluding carboxylic acids is 1. The molecule has 0 spiro atoms. The standard InChI is InChI=1S/C22H27N3O/c1-25(17-18-8-3-2-4-9-18)15-7-14-23-22(26)13-12-19-16-24-21-11-6-5-10-20(19)21/h2-6,8-11,16,24H,7,12-15,17H2,1H3,(H,23,26). The molecule has 4 nitrogen and oxygen atoms in total. The second kappa shape index (κ2) is 9.20. The molecule has 3 aromatic rings. The van der Waals surface area contributed by atoms with Crippen molar-refractivity contribution in [1.29, 1.82) is 0 Å². The number of hydrogen-bond donors (Lipinski definition) is 2. The third-order valence-electron chi connectivity index (χ3n) is 4.63. The Morgan fingerprint density at radius 2 is 1.85 bits per heavy atom. The van der Waals surface area contributed by atoms with E-state index in [1.807, 2.05) is 24.4 Å². The highest BCUT2D eigenvalue weighted by molar-refractivity contribution is 5.84. The molecule has 0 bridgehead atoms. The maximum atomic E-state index is 12.1. The van der Waals surface area contributed by atoms with Crippen molar-refractivity contribution < 1.29 is 4.79 Å². The molecule has 0 unspecified atom stereocenters. The summed E-state index contributed by atoms with van der Waals surface area (Å²) >= 11 is 0.